The van der Waals surface area contributed by atoms with E-state index in [1.165, 1.54) is 0 Å². The van der Waals surface area contributed by atoms with Crippen LogP contribution in [0.1, 0.15) is 5.69 Å². The van der Waals surface area contributed by atoms with Crippen molar-refractivity contribution in [3.63, 3.8) is 0 Å². The molecule has 1 unspecified atom stereocenters. The molecular weight excluding hydrogens is 410 g/mol. The van der Waals surface area contributed by atoms with Crippen LogP contribution >= 0.6 is 11.6 Å². The van der Waals surface area contributed by atoms with E-state index in [0.29, 0.717) is 10.7 Å². The molecule has 0 bridgehead atoms. The predicted octanol–water partition coefficient (Wildman–Crippen LogP) is 3.63. The highest BCUT2D eigenvalue weighted by Crippen LogP contribution is 2.31. The first-order valence-electron chi connectivity index (χ1n) is 6.73. The summed E-state index contributed by atoms with van der Waals surface area (Å²) < 4.78 is 89.5. The summed E-state index contributed by atoms with van der Waals surface area (Å²) in [6, 6.07) is 1.63. The van der Waals surface area contributed by atoms with Crippen molar-refractivity contribution in [3.8, 4) is 11.3 Å². The SMILES string of the molecule is Cn1nc(-c2cc(S(=O)CC(F)F)c(Cl)cc2F)c(=O)cc1C(F)(F)F. The van der Waals surface area contributed by atoms with Crippen LogP contribution < -0.4 is 5.43 Å². The summed E-state index contributed by atoms with van der Waals surface area (Å²) in [7, 11) is -1.41. The first-order chi connectivity index (χ1) is 11.9. The van der Waals surface area contributed by atoms with Gasteiger partial charge in [-0.05, 0) is 12.1 Å². The normalized spacial score (nSPS) is 13.3. The summed E-state index contributed by atoms with van der Waals surface area (Å²) in [6.07, 6.45) is -7.79. The highest BCUT2D eigenvalue weighted by Gasteiger charge is 2.35. The number of halogens is 7. The van der Waals surface area contributed by atoms with Crippen LogP contribution in [0.3, 0.4) is 0 Å². The van der Waals surface area contributed by atoms with Crippen molar-refractivity contribution in [1.82, 2.24) is 9.78 Å². The summed E-state index contributed by atoms with van der Waals surface area (Å²) in [6.45, 7) is 0. The topological polar surface area (TPSA) is 52.0 Å². The number of alkyl halides is 5. The second-order valence-electron chi connectivity index (χ2n) is 5.03. The molecule has 1 aromatic heterocycles. The highest BCUT2D eigenvalue weighted by atomic mass is 35.5. The zero-order valence-corrected chi connectivity index (χ0v) is 14.4. The van der Waals surface area contributed by atoms with Gasteiger partial charge in [-0.25, -0.2) is 13.2 Å². The van der Waals surface area contributed by atoms with E-state index in [1.807, 2.05) is 0 Å². The minimum Gasteiger partial charge on any atom is -0.287 e. The van der Waals surface area contributed by atoms with E-state index < -0.39 is 62.4 Å². The van der Waals surface area contributed by atoms with Crippen LogP contribution in [0.2, 0.25) is 5.02 Å². The Kier molecular flexibility index (Phi) is 5.81. The standard InChI is InChI=1S/C14H9ClF6N2O2S/c1-23-11(14(19,20)21)4-9(24)13(22-23)6-2-10(7(15)3-8(6)16)26(25)5-12(17)18/h2-4,12H,5H2,1H3. The van der Waals surface area contributed by atoms with Crippen molar-refractivity contribution in [3.05, 3.63) is 45.0 Å². The van der Waals surface area contributed by atoms with E-state index in [1.54, 1.807) is 0 Å². The lowest BCUT2D eigenvalue weighted by Gasteiger charge is -2.13. The molecule has 1 aromatic carbocycles. The van der Waals surface area contributed by atoms with E-state index in [2.05, 4.69) is 5.10 Å². The molecule has 0 saturated carbocycles. The van der Waals surface area contributed by atoms with Crippen LogP contribution in [-0.2, 0) is 24.0 Å². The lowest BCUT2D eigenvalue weighted by atomic mass is 10.1. The first-order valence-corrected chi connectivity index (χ1v) is 8.43. The third-order valence-electron chi connectivity index (χ3n) is 3.19. The Bertz CT molecular complexity index is 929. The van der Waals surface area contributed by atoms with Gasteiger partial charge in [0.05, 0.1) is 26.5 Å². The van der Waals surface area contributed by atoms with Crippen LogP contribution in [0.4, 0.5) is 26.3 Å². The number of nitrogens with zero attached hydrogens (tertiary/aromatic N) is 2. The Morgan fingerprint density at radius 2 is 1.88 bits per heavy atom. The van der Waals surface area contributed by atoms with Crippen molar-refractivity contribution in [2.24, 2.45) is 7.05 Å². The van der Waals surface area contributed by atoms with E-state index in [0.717, 1.165) is 13.1 Å². The van der Waals surface area contributed by atoms with Gasteiger partial charge in [-0.1, -0.05) is 11.6 Å². The van der Waals surface area contributed by atoms with Crippen molar-refractivity contribution in [2.45, 2.75) is 17.5 Å². The van der Waals surface area contributed by atoms with Crippen LogP contribution in [0.15, 0.2) is 27.9 Å². The Hall–Kier alpha value is -1.88. The maximum absolute atomic E-state index is 14.1. The Balaban J connectivity index is 2.64. The Morgan fingerprint density at radius 1 is 1.27 bits per heavy atom. The molecule has 0 radical (unpaired) electrons. The van der Waals surface area contributed by atoms with Crippen LogP contribution in [-0.4, -0.2) is 26.2 Å². The largest absolute Gasteiger partial charge is 0.433 e. The van der Waals surface area contributed by atoms with Gasteiger partial charge in [0.15, 0.2) is 0 Å². The molecule has 4 nitrogen and oxygen atoms in total. The summed E-state index contributed by atoms with van der Waals surface area (Å²) in [5.41, 5.74) is -3.91. The minimum absolute atomic E-state index is 0.228. The fourth-order valence-corrected chi connectivity index (χ4v) is 3.42. The molecule has 0 amide bonds. The van der Waals surface area contributed by atoms with Gasteiger partial charge in [0.1, 0.15) is 17.2 Å². The van der Waals surface area contributed by atoms with Crippen molar-refractivity contribution < 1.29 is 30.6 Å². The molecule has 142 valence electrons. The second kappa shape index (κ2) is 7.39. The van der Waals surface area contributed by atoms with Crippen molar-refractivity contribution in [2.75, 3.05) is 5.75 Å². The first kappa shape index (κ1) is 20.4. The molecule has 2 aromatic rings. The summed E-state index contributed by atoms with van der Waals surface area (Å²) in [5.74, 6) is -2.21. The van der Waals surface area contributed by atoms with Gasteiger partial charge in [-0.3, -0.25) is 13.7 Å². The maximum Gasteiger partial charge on any atom is 0.433 e. The number of aryl methyl sites for hydroxylation is 1. The van der Waals surface area contributed by atoms with Gasteiger partial charge < -0.3 is 0 Å². The zero-order valence-electron chi connectivity index (χ0n) is 12.8. The molecule has 0 aliphatic carbocycles. The molecule has 0 aliphatic rings. The van der Waals surface area contributed by atoms with Crippen LogP contribution in [0.5, 0.6) is 0 Å². The molecule has 0 saturated heterocycles. The van der Waals surface area contributed by atoms with Crippen molar-refractivity contribution in [1.29, 1.82) is 0 Å². The average molecular weight is 419 g/mol. The van der Waals surface area contributed by atoms with Gasteiger partial charge in [-0.15, -0.1) is 0 Å². The van der Waals surface area contributed by atoms with Crippen molar-refractivity contribution >= 4 is 22.4 Å². The average Bonchev–Trinajstić information content (AvgIpc) is 2.47. The summed E-state index contributed by atoms with van der Waals surface area (Å²) in [5, 5.41) is 2.99. The molecule has 1 heterocycles. The quantitative estimate of drug-likeness (QED) is 0.712. The number of benzene rings is 1. The van der Waals surface area contributed by atoms with Gasteiger partial charge >= 0.3 is 6.18 Å². The van der Waals surface area contributed by atoms with Crippen LogP contribution in [0, 0.1) is 5.82 Å². The van der Waals surface area contributed by atoms with Gasteiger partial charge in [0.25, 0.3) is 0 Å². The monoisotopic (exact) mass is 418 g/mol. The lowest BCUT2D eigenvalue weighted by Crippen LogP contribution is -2.23. The molecule has 0 aliphatic heterocycles. The Morgan fingerprint density at radius 3 is 2.42 bits per heavy atom. The van der Waals surface area contributed by atoms with E-state index >= 15 is 0 Å². The second-order valence-corrected chi connectivity index (χ2v) is 6.90. The third-order valence-corrected chi connectivity index (χ3v) is 5.00. The fraction of sp³-hybridized carbons (Fsp3) is 0.286. The molecule has 0 fully saturated rings. The third kappa shape index (κ3) is 4.26. The van der Waals surface area contributed by atoms with E-state index in [4.69, 9.17) is 11.6 Å². The van der Waals surface area contributed by atoms with E-state index in [-0.39, 0.29) is 11.0 Å². The number of hydrogen-bond acceptors (Lipinski definition) is 3. The number of rotatable bonds is 4. The highest BCUT2D eigenvalue weighted by molar-refractivity contribution is 7.85. The molecular formula is C14H9ClF6N2O2S. The van der Waals surface area contributed by atoms with Gasteiger partial charge in [0, 0.05) is 18.7 Å². The zero-order chi connectivity index (χ0) is 19.8. The molecule has 0 N–H and O–H groups in total. The minimum atomic E-state index is -4.86. The Labute approximate surface area is 149 Å². The molecule has 26 heavy (non-hydrogen) atoms. The van der Waals surface area contributed by atoms with Crippen LogP contribution in [0.25, 0.3) is 11.3 Å². The molecule has 1 atom stereocenters. The molecule has 2 rings (SSSR count). The number of aromatic nitrogens is 2. The fourth-order valence-electron chi connectivity index (χ4n) is 2.08. The van der Waals surface area contributed by atoms with Gasteiger partial charge in [-0.2, -0.15) is 18.3 Å². The predicted molar refractivity (Wildman–Crippen MR) is 82.2 cm³/mol. The lowest BCUT2D eigenvalue weighted by molar-refractivity contribution is -0.144. The molecule has 12 heteroatoms. The maximum atomic E-state index is 14.1. The molecule has 0 spiro atoms. The smallest absolute Gasteiger partial charge is 0.287 e. The van der Waals surface area contributed by atoms with E-state index in [9.17, 15) is 35.3 Å². The summed E-state index contributed by atoms with van der Waals surface area (Å²) >= 11 is 5.69. The number of hydrogen-bond donors (Lipinski definition) is 0. The van der Waals surface area contributed by atoms with Gasteiger partial charge in [0.2, 0.25) is 11.9 Å². The summed E-state index contributed by atoms with van der Waals surface area (Å²) in [4.78, 5) is 11.6.